The molecule has 3 rings (SSSR count). The first-order valence-electron chi connectivity index (χ1n) is 5.50. The predicted molar refractivity (Wildman–Crippen MR) is 66.6 cm³/mol. The van der Waals surface area contributed by atoms with Crippen LogP contribution in [-0.2, 0) is 0 Å². The molecule has 0 spiro atoms. The van der Waals surface area contributed by atoms with E-state index in [0.29, 0.717) is 0 Å². The highest BCUT2D eigenvalue weighted by Gasteiger charge is 2.31. The van der Waals surface area contributed by atoms with E-state index in [9.17, 15) is 0 Å². The van der Waals surface area contributed by atoms with Crippen molar-refractivity contribution >= 4 is 21.5 Å². The standard InChI is InChI=1S/C13H14BrN/c14-13-3-1-9(2-4-13)10-5-11-7-15-8-12(11)6-10/h1-5,11-12,15H,6-8H2/t11-,12+/m0/s1. The zero-order valence-electron chi connectivity index (χ0n) is 8.54. The normalized spacial score (nSPS) is 29.0. The fourth-order valence-corrected chi connectivity index (χ4v) is 2.92. The van der Waals surface area contributed by atoms with Crippen molar-refractivity contribution in [3.05, 3.63) is 40.4 Å². The van der Waals surface area contributed by atoms with Crippen molar-refractivity contribution in [1.29, 1.82) is 0 Å². The Bertz CT molecular complexity index is 394. The van der Waals surface area contributed by atoms with Crippen LogP contribution in [0.3, 0.4) is 0 Å². The smallest absolute Gasteiger partial charge is 0.0175 e. The number of allylic oxidation sites excluding steroid dienone is 1. The van der Waals surface area contributed by atoms with E-state index in [4.69, 9.17) is 0 Å². The number of nitrogens with one attached hydrogen (secondary N) is 1. The molecule has 1 aliphatic carbocycles. The quantitative estimate of drug-likeness (QED) is 0.822. The van der Waals surface area contributed by atoms with Crippen molar-refractivity contribution in [2.24, 2.45) is 11.8 Å². The number of hydrogen-bond donors (Lipinski definition) is 1. The first-order chi connectivity index (χ1) is 7.33. The lowest BCUT2D eigenvalue weighted by atomic mass is 9.98. The van der Waals surface area contributed by atoms with Gasteiger partial charge in [-0.25, -0.2) is 0 Å². The second kappa shape index (κ2) is 3.76. The second-order valence-corrected chi connectivity index (χ2v) is 5.40. The molecule has 0 saturated carbocycles. The van der Waals surface area contributed by atoms with Crippen LogP contribution in [-0.4, -0.2) is 13.1 Å². The van der Waals surface area contributed by atoms with Crippen molar-refractivity contribution in [3.8, 4) is 0 Å². The van der Waals surface area contributed by atoms with E-state index in [2.05, 4.69) is 51.6 Å². The van der Waals surface area contributed by atoms with Gasteiger partial charge in [-0.15, -0.1) is 0 Å². The fraction of sp³-hybridized carbons (Fsp3) is 0.385. The monoisotopic (exact) mass is 263 g/mol. The molecule has 2 aliphatic rings. The average Bonchev–Trinajstić information content (AvgIpc) is 2.78. The number of fused-ring (bicyclic) bond motifs is 1. The maximum absolute atomic E-state index is 3.47. The molecule has 1 aliphatic heterocycles. The van der Waals surface area contributed by atoms with Gasteiger partial charge in [0.2, 0.25) is 0 Å². The van der Waals surface area contributed by atoms with E-state index < -0.39 is 0 Å². The van der Waals surface area contributed by atoms with Gasteiger partial charge >= 0.3 is 0 Å². The van der Waals surface area contributed by atoms with E-state index in [-0.39, 0.29) is 0 Å². The van der Waals surface area contributed by atoms with Crippen LogP contribution in [0.2, 0.25) is 0 Å². The molecule has 1 fully saturated rings. The molecule has 0 unspecified atom stereocenters. The molecule has 1 aromatic carbocycles. The van der Waals surface area contributed by atoms with Crippen LogP contribution in [0.4, 0.5) is 0 Å². The van der Waals surface area contributed by atoms with Crippen LogP contribution >= 0.6 is 15.9 Å². The first kappa shape index (κ1) is 9.61. The van der Waals surface area contributed by atoms with Crippen LogP contribution in [0.25, 0.3) is 5.57 Å². The Morgan fingerprint density at radius 1 is 1.13 bits per heavy atom. The third-order valence-corrected chi connectivity index (χ3v) is 4.03. The SMILES string of the molecule is Brc1ccc(C2=C[C@H]3CNC[C@H]3C2)cc1. The zero-order valence-corrected chi connectivity index (χ0v) is 10.1. The Morgan fingerprint density at radius 2 is 1.93 bits per heavy atom. The van der Waals surface area contributed by atoms with E-state index in [1.54, 1.807) is 5.57 Å². The molecule has 2 atom stereocenters. The summed E-state index contributed by atoms with van der Waals surface area (Å²) in [6, 6.07) is 8.68. The summed E-state index contributed by atoms with van der Waals surface area (Å²) in [5.74, 6) is 1.63. The molecule has 0 amide bonds. The second-order valence-electron chi connectivity index (χ2n) is 4.49. The lowest BCUT2D eigenvalue weighted by Gasteiger charge is -2.06. The highest BCUT2D eigenvalue weighted by Crippen LogP contribution is 2.38. The molecule has 78 valence electrons. The highest BCUT2D eigenvalue weighted by atomic mass is 79.9. The number of benzene rings is 1. The average molecular weight is 264 g/mol. The number of hydrogen-bond acceptors (Lipinski definition) is 1. The minimum atomic E-state index is 0.781. The van der Waals surface area contributed by atoms with Gasteiger partial charge in [0.1, 0.15) is 0 Å². The molecule has 0 radical (unpaired) electrons. The minimum absolute atomic E-state index is 0.781. The van der Waals surface area contributed by atoms with Crippen molar-refractivity contribution in [3.63, 3.8) is 0 Å². The Morgan fingerprint density at radius 3 is 2.67 bits per heavy atom. The molecule has 15 heavy (non-hydrogen) atoms. The minimum Gasteiger partial charge on any atom is -0.316 e. The van der Waals surface area contributed by atoms with Gasteiger partial charge in [-0.2, -0.15) is 0 Å². The third-order valence-electron chi connectivity index (χ3n) is 3.50. The molecule has 1 nitrogen and oxygen atoms in total. The van der Waals surface area contributed by atoms with Crippen LogP contribution in [0, 0.1) is 11.8 Å². The van der Waals surface area contributed by atoms with Crippen LogP contribution in [0.15, 0.2) is 34.8 Å². The molecule has 0 bridgehead atoms. The van der Waals surface area contributed by atoms with Crippen molar-refractivity contribution in [2.45, 2.75) is 6.42 Å². The maximum atomic E-state index is 3.47. The van der Waals surface area contributed by atoms with Crippen molar-refractivity contribution in [1.82, 2.24) is 5.32 Å². The van der Waals surface area contributed by atoms with E-state index >= 15 is 0 Å². The number of rotatable bonds is 1. The lowest BCUT2D eigenvalue weighted by Crippen LogP contribution is -2.09. The van der Waals surface area contributed by atoms with Gasteiger partial charge in [0.15, 0.2) is 0 Å². The van der Waals surface area contributed by atoms with Crippen LogP contribution < -0.4 is 5.32 Å². The molecule has 1 saturated heterocycles. The summed E-state index contributed by atoms with van der Waals surface area (Å²) in [6.45, 7) is 2.37. The van der Waals surface area contributed by atoms with Gasteiger partial charge in [0, 0.05) is 11.0 Å². The third kappa shape index (κ3) is 1.77. The molecular weight excluding hydrogens is 250 g/mol. The highest BCUT2D eigenvalue weighted by molar-refractivity contribution is 9.10. The Kier molecular flexibility index (Phi) is 2.41. The van der Waals surface area contributed by atoms with Crippen LogP contribution in [0.1, 0.15) is 12.0 Å². The maximum Gasteiger partial charge on any atom is 0.0175 e. The summed E-state index contributed by atoms with van der Waals surface area (Å²) in [6.07, 6.45) is 3.72. The van der Waals surface area contributed by atoms with Crippen molar-refractivity contribution in [2.75, 3.05) is 13.1 Å². The zero-order chi connectivity index (χ0) is 10.3. The van der Waals surface area contributed by atoms with E-state index in [1.165, 1.54) is 25.1 Å². The summed E-state index contributed by atoms with van der Waals surface area (Å²) in [7, 11) is 0. The summed E-state index contributed by atoms with van der Waals surface area (Å²) in [5.41, 5.74) is 2.94. The van der Waals surface area contributed by atoms with Gasteiger partial charge < -0.3 is 5.32 Å². The summed E-state index contributed by atoms with van der Waals surface area (Å²) in [4.78, 5) is 0. The van der Waals surface area contributed by atoms with Gasteiger partial charge in [-0.3, -0.25) is 0 Å². The van der Waals surface area contributed by atoms with E-state index in [0.717, 1.165) is 16.3 Å². The topological polar surface area (TPSA) is 12.0 Å². The molecule has 1 heterocycles. The summed E-state index contributed by atoms with van der Waals surface area (Å²) >= 11 is 3.47. The van der Waals surface area contributed by atoms with Crippen LogP contribution in [0.5, 0.6) is 0 Å². The molecular formula is C13H14BrN. The Balaban J connectivity index is 1.87. The largest absolute Gasteiger partial charge is 0.316 e. The molecule has 1 aromatic rings. The molecule has 1 N–H and O–H groups in total. The summed E-state index contributed by atoms with van der Waals surface area (Å²) in [5, 5.41) is 3.45. The van der Waals surface area contributed by atoms with Crippen molar-refractivity contribution < 1.29 is 0 Å². The molecule has 0 aromatic heterocycles. The lowest BCUT2D eigenvalue weighted by molar-refractivity contribution is 0.536. The predicted octanol–water partition coefficient (Wildman–Crippen LogP) is 3.07. The van der Waals surface area contributed by atoms with Gasteiger partial charge in [0.05, 0.1) is 0 Å². The first-order valence-corrected chi connectivity index (χ1v) is 6.29. The van der Waals surface area contributed by atoms with E-state index in [1.807, 2.05) is 0 Å². The van der Waals surface area contributed by atoms with Gasteiger partial charge in [-0.1, -0.05) is 34.1 Å². The fourth-order valence-electron chi connectivity index (χ4n) is 2.66. The Labute approximate surface area is 98.7 Å². The Hall–Kier alpha value is -0.600. The van der Waals surface area contributed by atoms with Gasteiger partial charge in [0.25, 0.3) is 0 Å². The number of halogens is 1. The summed E-state index contributed by atoms with van der Waals surface area (Å²) < 4.78 is 1.16. The molecule has 2 heteroatoms. The van der Waals surface area contributed by atoms with Gasteiger partial charge in [-0.05, 0) is 48.1 Å².